The van der Waals surface area contributed by atoms with Crippen molar-refractivity contribution in [3.8, 4) is 0 Å². The zero-order valence-corrected chi connectivity index (χ0v) is 12.2. The average Bonchev–Trinajstić information content (AvgIpc) is 2.46. The van der Waals surface area contributed by atoms with Gasteiger partial charge in [-0.3, -0.25) is 4.90 Å². The van der Waals surface area contributed by atoms with Crippen LogP contribution in [0.2, 0.25) is 0 Å². The summed E-state index contributed by atoms with van der Waals surface area (Å²) >= 11 is 0. The number of nitrogens with zero attached hydrogens (tertiary/aromatic N) is 1. The Morgan fingerprint density at radius 3 is 2.10 bits per heavy atom. The van der Waals surface area contributed by atoms with Crippen LogP contribution in [0, 0.1) is 0 Å². The van der Waals surface area contributed by atoms with Crippen LogP contribution in [0.25, 0.3) is 0 Å². The molecule has 2 amide bonds. The van der Waals surface area contributed by atoms with E-state index in [4.69, 9.17) is 0 Å². The van der Waals surface area contributed by atoms with Gasteiger partial charge in [-0.15, -0.1) is 0 Å². The molecule has 0 bridgehead atoms. The second-order valence-electron chi connectivity index (χ2n) is 4.60. The number of nitrogens with one attached hydrogen (secondary N) is 1. The van der Waals surface area contributed by atoms with Crippen molar-refractivity contribution in [2.75, 3.05) is 11.4 Å². The number of benzene rings is 1. The number of anilines is 1. The van der Waals surface area contributed by atoms with Crippen molar-refractivity contribution in [2.24, 2.45) is 0 Å². The normalized spacial score (nSPS) is 10.9. The fraction of sp³-hybridized carbons (Fsp3) is 0.467. The quantitative estimate of drug-likeness (QED) is 0.840. The molecular formula is C15H22N2O3. The van der Waals surface area contributed by atoms with Gasteiger partial charge in [0.15, 0.2) is 0 Å². The summed E-state index contributed by atoms with van der Waals surface area (Å²) in [6, 6.07) is 8.82. The standard InChI is InChI=1S/C15H22N2O3/c1-4-15(5-2,13(18)19)16-14(20)17(6-3)12-10-8-7-9-11-12/h7-11H,4-6H2,1-3H3,(H,16,20)(H,18,19). The van der Waals surface area contributed by atoms with Crippen molar-refractivity contribution < 1.29 is 14.7 Å². The molecule has 2 N–H and O–H groups in total. The van der Waals surface area contributed by atoms with Crippen molar-refractivity contribution in [1.82, 2.24) is 5.32 Å². The van der Waals surface area contributed by atoms with E-state index in [1.54, 1.807) is 13.8 Å². The number of hydrogen-bond acceptors (Lipinski definition) is 2. The van der Waals surface area contributed by atoms with E-state index in [1.165, 1.54) is 4.90 Å². The summed E-state index contributed by atoms with van der Waals surface area (Å²) in [6.45, 7) is 5.85. The first-order valence-corrected chi connectivity index (χ1v) is 6.88. The number of carboxylic acids is 1. The van der Waals surface area contributed by atoms with Crippen LogP contribution < -0.4 is 10.2 Å². The van der Waals surface area contributed by atoms with E-state index >= 15 is 0 Å². The molecule has 0 saturated heterocycles. The van der Waals surface area contributed by atoms with Crippen LogP contribution in [-0.2, 0) is 4.79 Å². The third-order valence-electron chi connectivity index (χ3n) is 3.59. The van der Waals surface area contributed by atoms with Gasteiger partial charge in [-0.2, -0.15) is 0 Å². The van der Waals surface area contributed by atoms with Gasteiger partial charge in [0, 0.05) is 12.2 Å². The molecule has 0 radical (unpaired) electrons. The molecule has 0 aromatic heterocycles. The van der Waals surface area contributed by atoms with E-state index in [2.05, 4.69) is 5.32 Å². The highest BCUT2D eigenvalue weighted by atomic mass is 16.4. The zero-order chi connectivity index (χ0) is 15.2. The monoisotopic (exact) mass is 278 g/mol. The molecule has 0 atom stereocenters. The summed E-state index contributed by atoms with van der Waals surface area (Å²) in [5, 5.41) is 12.0. The second kappa shape index (κ2) is 6.93. The van der Waals surface area contributed by atoms with Crippen LogP contribution in [0.15, 0.2) is 30.3 Å². The molecule has 5 nitrogen and oxygen atoms in total. The minimum Gasteiger partial charge on any atom is -0.480 e. The van der Waals surface area contributed by atoms with Gasteiger partial charge in [0.2, 0.25) is 0 Å². The molecule has 20 heavy (non-hydrogen) atoms. The number of urea groups is 1. The maximum absolute atomic E-state index is 12.4. The molecule has 0 spiro atoms. The number of para-hydroxylation sites is 1. The van der Waals surface area contributed by atoms with Crippen molar-refractivity contribution in [2.45, 2.75) is 39.2 Å². The molecule has 0 aliphatic heterocycles. The van der Waals surface area contributed by atoms with Gasteiger partial charge in [-0.1, -0.05) is 32.0 Å². The van der Waals surface area contributed by atoms with Crippen molar-refractivity contribution in [3.05, 3.63) is 30.3 Å². The molecule has 0 aliphatic rings. The van der Waals surface area contributed by atoms with Crippen LogP contribution >= 0.6 is 0 Å². The van der Waals surface area contributed by atoms with Crippen molar-refractivity contribution in [1.29, 1.82) is 0 Å². The predicted molar refractivity (Wildman–Crippen MR) is 78.9 cm³/mol. The fourth-order valence-corrected chi connectivity index (χ4v) is 2.11. The third kappa shape index (κ3) is 3.29. The lowest BCUT2D eigenvalue weighted by molar-refractivity contribution is -0.144. The van der Waals surface area contributed by atoms with Crippen LogP contribution in [0.5, 0.6) is 0 Å². The van der Waals surface area contributed by atoms with Crippen molar-refractivity contribution in [3.63, 3.8) is 0 Å². The van der Waals surface area contributed by atoms with E-state index < -0.39 is 11.5 Å². The minimum absolute atomic E-state index is 0.344. The van der Waals surface area contributed by atoms with Gasteiger partial charge in [-0.25, -0.2) is 9.59 Å². The molecular weight excluding hydrogens is 256 g/mol. The van der Waals surface area contributed by atoms with E-state index in [9.17, 15) is 14.7 Å². The Morgan fingerprint density at radius 2 is 1.70 bits per heavy atom. The number of aliphatic carboxylic acids is 1. The van der Waals surface area contributed by atoms with Gasteiger partial charge in [-0.05, 0) is 31.9 Å². The van der Waals surface area contributed by atoms with Gasteiger partial charge >= 0.3 is 12.0 Å². The molecule has 1 aromatic carbocycles. The summed E-state index contributed by atoms with van der Waals surface area (Å²) in [5.74, 6) is -1.00. The third-order valence-corrected chi connectivity index (χ3v) is 3.59. The highest BCUT2D eigenvalue weighted by Gasteiger charge is 2.37. The van der Waals surface area contributed by atoms with E-state index in [0.717, 1.165) is 5.69 Å². The average molecular weight is 278 g/mol. The number of carbonyl (C=O) groups excluding carboxylic acids is 1. The Balaban J connectivity index is 2.95. The number of hydrogen-bond donors (Lipinski definition) is 2. The molecule has 0 fully saturated rings. The first kappa shape index (κ1) is 16.0. The topological polar surface area (TPSA) is 69.6 Å². The van der Waals surface area contributed by atoms with Crippen LogP contribution in [0.3, 0.4) is 0 Å². The predicted octanol–water partition coefficient (Wildman–Crippen LogP) is 2.87. The molecule has 0 unspecified atom stereocenters. The van der Waals surface area contributed by atoms with E-state index in [0.29, 0.717) is 19.4 Å². The van der Waals surface area contributed by atoms with Crippen LogP contribution in [0.1, 0.15) is 33.6 Å². The lowest BCUT2D eigenvalue weighted by Gasteiger charge is -2.31. The Morgan fingerprint density at radius 1 is 1.15 bits per heavy atom. The SMILES string of the molecule is CCN(C(=O)NC(CC)(CC)C(=O)O)c1ccccc1. The first-order valence-electron chi connectivity index (χ1n) is 6.88. The smallest absolute Gasteiger partial charge is 0.329 e. The molecule has 110 valence electrons. The number of amides is 2. The summed E-state index contributed by atoms with van der Waals surface area (Å²) < 4.78 is 0. The highest BCUT2D eigenvalue weighted by molar-refractivity contribution is 5.95. The molecule has 5 heteroatoms. The maximum atomic E-state index is 12.4. The van der Waals surface area contributed by atoms with E-state index in [1.807, 2.05) is 37.3 Å². The molecule has 0 heterocycles. The van der Waals surface area contributed by atoms with Gasteiger partial charge in [0.25, 0.3) is 0 Å². The van der Waals surface area contributed by atoms with Gasteiger partial charge < -0.3 is 10.4 Å². The number of rotatable bonds is 6. The number of carboxylic acid groups (broad SMARTS) is 1. The summed E-state index contributed by atoms with van der Waals surface area (Å²) in [7, 11) is 0. The molecule has 0 aliphatic carbocycles. The maximum Gasteiger partial charge on any atom is 0.329 e. The summed E-state index contributed by atoms with van der Waals surface area (Å²) in [4.78, 5) is 25.3. The van der Waals surface area contributed by atoms with Gasteiger partial charge in [0.1, 0.15) is 5.54 Å². The molecule has 1 aromatic rings. The Bertz CT molecular complexity index is 455. The molecule has 0 saturated carbocycles. The molecule has 1 rings (SSSR count). The highest BCUT2D eigenvalue weighted by Crippen LogP contribution is 2.18. The number of carbonyl (C=O) groups is 2. The van der Waals surface area contributed by atoms with Crippen LogP contribution in [-0.4, -0.2) is 29.2 Å². The van der Waals surface area contributed by atoms with Crippen LogP contribution in [0.4, 0.5) is 10.5 Å². The Hall–Kier alpha value is -2.04. The second-order valence-corrected chi connectivity index (χ2v) is 4.60. The minimum atomic E-state index is -1.21. The van der Waals surface area contributed by atoms with Gasteiger partial charge in [0.05, 0.1) is 0 Å². The first-order chi connectivity index (χ1) is 9.50. The lowest BCUT2D eigenvalue weighted by Crippen LogP contribution is -2.57. The largest absolute Gasteiger partial charge is 0.480 e. The van der Waals surface area contributed by atoms with E-state index in [-0.39, 0.29) is 6.03 Å². The zero-order valence-electron chi connectivity index (χ0n) is 12.2. The Labute approximate surface area is 119 Å². The fourth-order valence-electron chi connectivity index (χ4n) is 2.11. The summed E-state index contributed by atoms with van der Waals surface area (Å²) in [5.41, 5.74) is -0.460. The summed E-state index contributed by atoms with van der Waals surface area (Å²) in [6.07, 6.45) is 0.688. The Kier molecular flexibility index (Phi) is 5.55. The lowest BCUT2D eigenvalue weighted by atomic mass is 9.93. The van der Waals surface area contributed by atoms with Crippen molar-refractivity contribution >= 4 is 17.7 Å².